The number of hydrogen-bond acceptors (Lipinski definition) is 3. The molecule has 2 rings (SSSR count). The zero-order valence-corrected chi connectivity index (χ0v) is 13.7. The quantitative estimate of drug-likeness (QED) is 0.889. The Morgan fingerprint density at radius 1 is 1.22 bits per heavy atom. The summed E-state index contributed by atoms with van der Waals surface area (Å²) < 4.78 is 7.06. The lowest BCUT2D eigenvalue weighted by molar-refractivity contribution is 0.0651. The van der Waals surface area contributed by atoms with Gasteiger partial charge in [-0.25, -0.2) is 0 Å². The number of rotatable bonds is 6. The number of aromatic nitrogens is 1. The standard InChI is InChI=1S/C18H22N2O3/c1-13(2)23-12-16-7-5-4-6-15(16)11-19-18(22)14-8-9-20(3)17(21)10-14/h4-10,13H,11-12H2,1-3H3,(H,19,22). The lowest BCUT2D eigenvalue weighted by atomic mass is 10.1. The van der Waals surface area contributed by atoms with E-state index < -0.39 is 0 Å². The van der Waals surface area contributed by atoms with Crippen LogP contribution in [-0.2, 0) is 24.9 Å². The molecule has 0 fully saturated rings. The fraction of sp³-hybridized carbons (Fsp3) is 0.333. The van der Waals surface area contributed by atoms with Gasteiger partial charge < -0.3 is 14.6 Å². The molecule has 5 heteroatoms. The van der Waals surface area contributed by atoms with Gasteiger partial charge in [-0.2, -0.15) is 0 Å². The van der Waals surface area contributed by atoms with Crippen LogP contribution in [0.4, 0.5) is 0 Å². The third kappa shape index (κ3) is 4.79. The zero-order chi connectivity index (χ0) is 16.8. The highest BCUT2D eigenvalue weighted by atomic mass is 16.5. The maximum atomic E-state index is 12.2. The van der Waals surface area contributed by atoms with Gasteiger partial charge in [0.25, 0.3) is 11.5 Å². The highest BCUT2D eigenvalue weighted by Gasteiger charge is 2.08. The molecule has 1 amide bonds. The van der Waals surface area contributed by atoms with E-state index in [9.17, 15) is 9.59 Å². The van der Waals surface area contributed by atoms with Crippen LogP contribution in [0.1, 0.15) is 35.3 Å². The Morgan fingerprint density at radius 2 is 1.91 bits per heavy atom. The highest BCUT2D eigenvalue weighted by molar-refractivity contribution is 5.93. The van der Waals surface area contributed by atoms with Gasteiger partial charge in [-0.15, -0.1) is 0 Å². The van der Waals surface area contributed by atoms with Crippen molar-refractivity contribution in [2.75, 3.05) is 0 Å². The van der Waals surface area contributed by atoms with Crippen LogP contribution in [0.25, 0.3) is 0 Å². The minimum absolute atomic E-state index is 0.151. The van der Waals surface area contributed by atoms with E-state index in [0.29, 0.717) is 18.7 Å². The Hall–Kier alpha value is -2.40. The number of nitrogens with zero attached hydrogens (tertiary/aromatic N) is 1. The largest absolute Gasteiger partial charge is 0.374 e. The molecule has 0 atom stereocenters. The summed E-state index contributed by atoms with van der Waals surface area (Å²) in [5.74, 6) is -0.262. The van der Waals surface area contributed by atoms with E-state index in [1.54, 1.807) is 19.3 Å². The van der Waals surface area contributed by atoms with Gasteiger partial charge in [0, 0.05) is 31.4 Å². The number of nitrogens with one attached hydrogen (secondary N) is 1. The van der Waals surface area contributed by atoms with E-state index in [1.165, 1.54) is 10.6 Å². The van der Waals surface area contributed by atoms with E-state index in [2.05, 4.69) is 5.32 Å². The summed E-state index contributed by atoms with van der Waals surface area (Å²) in [6, 6.07) is 10.8. The van der Waals surface area contributed by atoms with Crippen molar-refractivity contribution in [1.29, 1.82) is 0 Å². The number of benzene rings is 1. The van der Waals surface area contributed by atoms with Crippen molar-refractivity contribution < 1.29 is 9.53 Å². The first-order chi connectivity index (χ1) is 11.0. The molecule has 1 aromatic carbocycles. The third-order valence-electron chi connectivity index (χ3n) is 3.50. The minimum Gasteiger partial charge on any atom is -0.374 e. The second-order valence-electron chi connectivity index (χ2n) is 5.68. The van der Waals surface area contributed by atoms with Crippen LogP contribution in [0.15, 0.2) is 47.4 Å². The number of carbonyl (C=O) groups is 1. The molecule has 5 nitrogen and oxygen atoms in total. The monoisotopic (exact) mass is 314 g/mol. The van der Waals surface area contributed by atoms with Crippen LogP contribution >= 0.6 is 0 Å². The van der Waals surface area contributed by atoms with E-state index in [-0.39, 0.29) is 17.6 Å². The normalized spacial score (nSPS) is 10.8. The Balaban J connectivity index is 2.04. The number of carbonyl (C=O) groups excluding carboxylic acids is 1. The van der Waals surface area contributed by atoms with E-state index >= 15 is 0 Å². The molecule has 0 saturated carbocycles. The summed E-state index contributed by atoms with van der Waals surface area (Å²) in [4.78, 5) is 23.8. The van der Waals surface area contributed by atoms with Gasteiger partial charge >= 0.3 is 0 Å². The van der Waals surface area contributed by atoms with E-state index in [1.807, 2.05) is 38.1 Å². The summed E-state index contributed by atoms with van der Waals surface area (Å²) in [5.41, 5.74) is 2.21. The van der Waals surface area contributed by atoms with Crippen molar-refractivity contribution in [3.05, 3.63) is 69.6 Å². The van der Waals surface area contributed by atoms with Crippen molar-refractivity contribution in [2.24, 2.45) is 7.05 Å². The van der Waals surface area contributed by atoms with Crippen LogP contribution in [0, 0.1) is 0 Å². The summed E-state index contributed by atoms with van der Waals surface area (Å²) in [6.45, 7) is 4.88. The molecular formula is C18H22N2O3. The average molecular weight is 314 g/mol. The number of aryl methyl sites for hydroxylation is 1. The molecule has 0 aliphatic carbocycles. The molecule has 2 aromatic rings. The smallest absolute Gasteiger partial charge is 0.251 e. The van der Waals surface area contributed by atoms with Crippen LogP contribution in [0.3, 0.4) is 0 Å². The van der Waals surface area contributed by atoms with Gasteiger partial charge in [0.05, 0.1) is 12.7 Å². The highest BCUT2D eigenvalue weighted by Crippen LogP contribution is 2.11. The molecule has 0 unspecified atom stereocenters. The van der Waals surface area contributed by atoms with Crippen molar-refractivity contribution >= 4 is 5.91 Å². The van der Waals surface area contributed by atoms with Gasteiger partial charge in [-0.1, -0.05) is 24.3 Å². The Labute approximate surface area is 135 Å². The second-order valence-corrected chi connectivity index (χ2v) is 5.68. The summed E-state index contributed by atoms with van der Waals surface area (Å²) in [7, 11) is 1.65. The lowest BCUT2D eigenvalue weighted by Gasteiger charge is -2.13. The molecule has 1 aromatic heterocycles. The lowest BCUT2D eigenvalue weighted by Crippen LogP contribution is -2.26. The Morgan fingerprint density at radius 3 is 2.57 bits per heavy atom. The minimum atomic E-state index is -0.262. The van der Waals surface area contributed by atoms with Gasteiger partial charge in [-0.05, 0) is 31.0 Å². The average Bonchev–Trinajstić information content (AvgIpc) is 2.53. The van der Waals surface area contributed by atoms with Crippen molar-refractivity contribution in [2.45, 2.75) is 33.1 Å². The molecule has 0 spiro atoms. The van der Waals surface area contributed by atoms with E-state index in [4.69, 9.17) is 4.74 Å². The van der Waals surface area contributed by atoms with E-state index in [0.717, 1.165) is 11.1 Å². The van der Waals surface area contributed by atoms with Crippen LogP contribution < -0.4 is 10.9 Å². The fourth-order valence-corrected chi connectivity index (χ4v) is 2.09. The molecule has 0 bridgehead atoms. The molecule has 0 radical (unpaired) electrons. The third-order valence-corrected chi connectivity index (χ3v) is 3.50. The molecule has 0 aliphatic rings. The fourth-order valence-electron chi connectivity index (χ4n) is 2.09. The molecule has 0 saturated heterocycles. The van der Waals surface area contributed by atoms with Crippen LogP contribution in [-0.4, -0.2) is 16.6 Å². The van der Waals surface area contributed by atoms with Crippen LogP contribution in [0.2, 0.25) is 0 Å². The molecule has 23 heavy (non-hydrogen) atoms. The summed E-state index contributed by atoms with van der Waals surface area (Å²) >= 11 is 0. The van der Waals surface area contributed by atoms with Gasteiger partial charge in [0.1, 0.15) is 0 Å². The molecule has 1 heterocycles. The van der Waals surface area contributed by atoms with Gasteiger partial charge in [0.2, 0.25) is 0 Å². The van der Waals surface area contributed by atoms with Gasteiger partial charge in [-0.3, -0.25) is 9.59 Å². The number of ether oxygens (including phenoxy) is 1. The number of pyridine rings is 1. The SMILES string of the molecule is CC(C)OCc1ccccc1CNC(=O)c1ccn(C)c(=O)c1. The molecular weight excluding hydrogens is 292 g/mol. The Bertz CT molecular complexity index is 735. The second kappa shape index (κ2) is 7.74. The van der Waals surface area contributed by atoms with Crippen molar-refractivity contribution in [1.82, 2.24) is 9.88 Å². The number of hydrogen-bond donors (Lipinski definition) is 1. The maximum absolute atomic E-state index is 12.2. The molecule has 1 N–H and O–H groups in total. The van der Waals surface area contributed by atoms with Crippen molar-refractivity contribution in [3.8, 4) is 0 Å². The zero-order valence-electron chi connectivity index (χ0n) is 13.7. The predicted molar refractivity (Wildman–Crippen MR) is 89.2 cm³/mol. The predicted octanol–water partition coefficient (Wildman–Crippen LogP) is 2.24. The Kier molecular flexibility index (Phi) is 5.71. The summed E-state index contributed by atoms with van der Waals surface area (Å²) in [5, 5.41) is 2.85. The topological polar surface area (TPSA) is 60.3 Å². The van der Waals surface area contributed by atoms with Gasteiger partial charge in [0.15, 0.2) is 0 Å². The first kappa shape index (κ1) is 17.0. The molecule has 0 aliphatic heterocycles. The summed E-state index contributed by atoms with van der Waals surface area (Å²) in [6.07, 6.45) is 1.74. The van der Waals surface area contributed by atoms with Crippen LogP contribution in [0.5, 0.6) is 0 Å². The maximum Gasteiger partial charge on any atom is 0.251 e. The number of amides is 1. The first-order valence-corrected chi connectivity index (χ1v) is 7.60. The first-order valence-electron chi connectivity index (χ1n) is 7.60. The van der Waals surface area contributed by atoms with Crippen molar-refractivity contribution in [3.63, 3.8) is 0 Å². The molecule has 122 valence electrons.